The lowest BCUT2D eigenvalue weighted by Gasteiger charge is -2.20. The maximum Gasteiger partial charge on any atom is 0.178 e. The third-order valence-corrected chi connectivity index (χ3v) is 2.97. The highest BCUT2D eigenvalue weighted by Gasteiger charge is 2.12. The van der Waals surface area contributed by atoms with Gasteiger partial charge in [-0.05, 0) is 31.1 Å². The van der Waals surface area contributed by atoms with Gasteiger partial charge < -0.3 is 10.1 Å². The third kappa shape index (κ3) is 2.73. The fraction of sp³-hybridized carbons (Fsp3) is 0.308. The summed E-state index contributed by atoms with van der Waals surface area (Å²) in [6.07, 6.45) is 11.0. The Kier molecular flexibility index (Phi) is 3.40. The van der Waals surface area contributed by atoms with Crippen LogP contribution in [0.5, 0.6) is 0 Å². The van der Waals surface area contributed by atoms with Crippen LogP contribution >= 0.6 is 0 Å². The van der Waals surface area contributed by atoms with Crippen LogP contribution in [0.4, 0.5) is 5.69 Å². The van der Waals surface area contributed by atoms with E-state index in [9.17, 15) is 0 Å². The second kappa shape index (κ2) is 5.51. The van der Waals surface area contributed by atoms with Gasteiger partial charge >= 0.3 is 0 Å². The second-order valence-electron chi connectivity index (χ2n) is 4.30. The van der Waals surface area contributed by atoms with Crippen molar-refractivity contribution in [2.45, 2.75) is 18.9 Å². The van der Waals surface area contributed by atoms with E-state index in [4.69, 9.17) is 4.74 Å². The van der Waals surface area contributed by atoms with Gasteiger partial charge in [-0.15, -0.1) is 0 Å². The molecule has 0 aromatic carbocycles. The molecule has 1 atom stereocenters. The van der Waals surface area contributed by atoms with Crippen LogP contribution < -0.4 is 5.32 Å². The number of nitrogens with one attached hydrogen (secondary N) is 1. The largest absolute Gasteiger partial charge is 0.497 e. The van der Waals surface area contributed by atoms with Gasteiger partial charge in [0.2, 0.25) is 0 Å². The minimum atomic E-state index is 0.203. The molecule has 0 spiro atoms. The minimum absolute atomic E-state index is 0.203. The summed E-state index contributed by atoms with van der Waals surface area (Å²) in [4.78, 5) is 8.27. The van der Waals surface area contributed by atoms with Crippen molar-refractivity contribution in [3.63, 3.8) is 0 Å². The highest BCUT2D eigenvalue weighted by molar-refractivity contribution is 5.56. The zero-order chi connectivity index (χ0) is 12.9. The van der Waals surface area contributed by atoms with Crippen LogP contribution in [0.25, 0.3) is 5.82 Å². The molecule has 19 heavy (non-hydrogen) atoms. The minimum Gasteiger partial charge on any atom is -0.497 e. The maximum absolute atomic E-state index is 5.53. The van der Waals surface area contributed by atoms with Crippen molar-refractivity contribution < 1.29 is 4.74 Å². The zero-order valence-corrected chi connectivity index (χ0v) is 10.4. The van der Waals surface area contributed by atoms with Crippen molar-refractivity contribution in [2.24, 2.45) is 0 Å². The highest BCUT2D eigenvalue weighted by atomic mass is 16.5. The van der Waals surface area contributed by atoms with Crippen molar-refractivity contribution in [1.82, 2.24) is 19.7 Å². The molecule has 2 aromatic rings. The molecular weight excluding hydrogens is 242 g/mol. The van der Waals surface area contributed by atoms with Gasteiger partial charge in [-0.1, -0.05) is 0 Å². The lowest BCUT2D eigenvalue weighted by Crippen LogP contribution is -2.23. The Morgan fingerprint density at radius 3 is 3.26 bits per heavy atom. The van der Waals surface area contributed by atoms with Crippen molar-refractivity contribution >= 4 is 5.69 Å². The molecule has 6 nitrogen and oxygen atoms in total. The summed E-state index contributed by atoms with van der Waals surface area (Å²) in [6.45, 7) is 0.748. The summed E-state index contributed by atoms with van der Waals surface area (Å²) in [7, 11) is 0. The van der Waals surface area contributed by atoms with Crippen LogP contribution in [0.3, 0.4) is 0 Å². The van der Waals surface area contributed by atoms with Gasteiger partial charge in [0, 0.05) is 6.20 Å². The number of aromatic nitrogens is 4. The van der Waals surface area contributed by atoms with E-state index in [1.54, 1.807) is 23.5 Å². The van der Waals surface area contributed by atoms with Gasteiger partial charge in [-0.3, -0.25) is 0 Å². The molecule has 0 saturated heterocycles. The average molecular weight is 257 g/mol. The Morgan fingerprint density at radius 1 is 1.47 bits per heavy atom. The van der Waals surface area contributed by atoms with E-state index in [1.165, 1.54) is 6.33 Å². The molecule has 2 aromatic heterocycles. The summed E-state index contributed by atoms with van der Waals surface area (Å²) in [5.41, 5.74) is 0.922. The van der Waals surface area contributed by atoms with Crippen LogP contribution in [0, 0.1) is 0 Å². The van der Waals surface area contributed by atoms with Crippen LogP contribution in [0.2, 0.25) is 0 Å². The van der Waals surface area contributed by atoms with E-state index in [0.717, 1.165) is 30.9 Å². The Bertz CT molecular complexity index is 552. The van der Waals surface area contributed by atoms with Crippen molar-refractivity contribution in [3.05, 3.63) is 43.3 Å². The number of anilines is 1. The highest BCUT2D eigenvalue weighted by Crippen LogP contribution is 2.17. The lowest BCUT2D eigenvalue weighted by molar-refractivity contribution is 0.135. The average Bonchev–Trinajstić information content (AvgIpc) is 3.01. The van der Waals surface area contributed by atoms with Gasteiger partial charge in [-0.2, -0.15) is 5.10 Å². The number of ether oxygens (including phenoxy) is 1. The van der Waals surface area contributed by atoms with Crippen LogP contribution in [0.1, 0.15) is 12.8 Å². The molecule has 3 rings (SSSR count). The predicted octanol–water partition coefficient (Wildman–Crippen LogP) is 1.77. The summed E-state index contributed by atoms with van der Waals surface area (Å²) < 4.78 is 7.17. The molecule has 0 fully saturated rings. The predicted molar refractivity (Wildman–Crippen MR) is 70.9 cm³/mol. The quantitative estimate of drug-likeness (QED) is 0.904. The van der Waals surface area contributed by atoms with Crippen molar-refractivity contribution in [2.75, 3.05) is 11.9 Å². The fourth-order valence-corrected chi connectivity index (χ4v) is 1.99. The van der Waals surface area contributed by atoms with Crippen molar-refractivity contribution in [1.29, 1.82) is 0 Å². The number of hydrogen-bond acceptors (Lipinski definition) is 5. The van der Waals surface area contributed by atoms with Crippen LogP contribution in [-0.4, -0.2) is 32.4 Å². The Morgan fingerprint density at radius 2 is 2.47 bits per heavy atom. The van der Waals surface area contributed by atoms with Gasteiger partial charge in [0.15, 0.2) is 5.82 Å². The topological polar surface area (TPSA) is 64.9 Å². The smallest absolute Gasteiger partial charge is 0.178 e. The van der Waals surface area contributed by atoms with Gasteiger partial charge in [-0.25, -0.2) is 14.6 Å². The van der Waals surface area contributed by atoms with Crippen molar-refractivity contribution in [3.8, 4) is 5.82 Å². The summed E-state index contributed by atoms with van der Waals surface area (Å²) in [6, 6.07) is 3.87. The lowest BCUT2D eigenvalue weighted by atomic mass is 10.1. The molecule has 1 unspecified atom stereocenters. The van der Waals surface area contributed by atoms with Gasteiger partial charge in [0.25, 0.3) is 0 Å². The molecule has 1 aliphatic rings. The molecule has 98 valence electrons. The first-order chi connectivity index (χ1) is 9.43. The summed E-state index contributed by atoms with van der Waals surface area (Å²) in [5, 5.41) is 7.46. The molecule has 0 saturated carbocycles. The van der Waals surface area contributed by atoms with E-state index in [-0.39, 0.29) is 6.10 Å². The zero-order valence-electron chi connectivity index (χ0n) is 10.4. The fourth-order valence-electron chi connectivity index (χ4n) is 1.99. The monoisotopic (exact) mass is 257 g/mol. The van der Waals surface area contributed by atoms with Crippen LogP contribution in [0.15, 0.2) is 43.3 Å². The number of pyridine rings is 1. The molecule has 0 amide bonds. The van der Waals surface area contributed by atoms with E-state index in [1.807, 2.05) is 18.2 Å². The molecule has 1 aliphatic heterocycles. The van der Waals surface area contributed by atoms with E-state index in [0.29, 0.717) is 0 Å². The normalized spacial score (nSPS) is 18.0. The SMILES string of the molecule is C1=COC(CNc2cccnc2-n2cncn2)CC1. The third-order valence-electron chi connectivity index (χ3n) is 2.97. The first-order valence-electron chi connectivity index (χ1n) is 6.28. The molecule has 1 N–H and O–H groups in total. The molecule has 0 aliphatic carbocycles. The molecule has 0 bridgehead atoms. The van der Waals surface area contributed by atoms with Gasteiger partial charge in [0.1, 0.15) is 18.8 Å². The molecular formula is C13H15N5O. The van der Waals surface area contributed by atoms with E-state index >= 15 is 0 Å². The Hall–Kier alpha value is -2.37. The summed E-state index contributed by atoms with van der Waals surface area (Å²) in [5.74, 6) is 0.742. The number of hydrogen-bond donors (Lipinski definition) is 1. The molecule has 6 heteroatoms. The number of rotatable bonds is 4. The number of nitrogens with zero attached hydrogens (tertiary/aromatic N) is 4. The van der Waals surface area contributed by atoms with Gasteiger partial charge in [0.05, 0.1) is 18.5 Å². The molecule has 3 heterocycles. The second-order valence-corrected chi connectivity index (χ2v) is 4.30. The maximum atomic E-state index is 5.53. The summed E-state index contributed by atoms with van der Waals surface area (Å²) >= 11 is 0. The first-order valence-corrected chi connectivity index (χ1v) is 6.28. The Balaban J connectivity index is 1.72. The standard InChI is InChI=1S/C13H15N5O/c1-2-7-19-11(4-1)8-16-12-5-3-6-15-13(12)18-10-14-9-17-18/h2-3,5-7,9-11,16H,1,4,8H2. The van der Waals surface area contributed by atoms with E-state index in [2.05, 4.69) is 20.4 Å². The Labute approximate surface area is 111 Å². The van der Waals surface area contributed by atoms with Crippen LogP contribution in [-0.2, 0) is 4.74 Å². The number of allylic oxidation sites excluding steroid dienone is 1. The van der Waals surface area contributed by atoms with E-state index < -0.39 is 0 Å². The molecule has 0 radical (unpaired) electrons. The first kappa shape index (κ1) is 11.7.